The van der Waals surface area contributed by atoms with Gasteiger partial charge in [0.15, 0.2) is 0 Å². The second kappa shape index (κ2) is 5.75. The zero-order chi connectivity index (χ0) is 14.9. The van der Waals surface area contributed by atoms with E-state index < -0.39 is 11.6 Å². The summed E-state index contributed by atoms with van der Waals surface area (Å²) in [6.07, 6.45) is 0. The molecular formula is C14H15F2N3S. The van der Waals surface area contributed by atoms with Crippen molar-refractivity contribution in [3.8, 4) is 0 Å². The summed E-state index contributed by atoms with van der Waals surface area (Å²) in [4.78, 5) is 8.92. The third-order valence-corrected chi connectivity index (χ3v) is 3.91. The highest BCUT2D eigenvalue weighted by molar-refractivity contribution is 7.99. The number of nitrogens with two attached hydrogens (primary N) is 1. The van der Waals surface area contributed by atoms with Crippen LogP contribution in [0.15, 0.2) is 28.1 Å². The summed E-state index contributed by atoms with van der Waals surface area (Å²) in [5.74, 6) is -0.103. The van der Waals surface area contributed by atoms with Crippen molar-refractivity contribution in [1.29, 1.82) is 0 Å². The van der Waals surface area contributed by atoms with E-state index in [-0.39, 0.29) is 5.92 Å². The molecule has 0 radical (unpaired) electrons. The van der Waals surface area contributed by atoms with Crippen molar-refractivity contribution in [3.63, 3.8) is 0 Å². The van der Waals surface area contributed by atoms with Crippen LogP contribution in [-0.4, -0.2) is 9.97 Å². The number of benzene rings is 1. The van der Waals surface area contributed by atoms with Gasteiger partial charge in [-0.2, -0.15) is 0 Å². The molecule has 20 heavy (non-hydrogen) atoms. The highest BCUT2D eigenvalue weighted by atomic mass is 32.2. The molecule has 0 aliphatic heterocycles. The van der Waals surface area contributed by atoms with Crippen LogP contribution < -0.4 is 5.73 Å². The van der Waals surface area contributed by atoms with Gasteiger partial charge in [-0.25, -0.2) is 18.7 Å². The molecule has 1 heterocycles. The average molecular weight is 295 g/mol. The predicted octanol–water partition coefficient (Wildman–Crippen LogP) is 3.92. The Balaban J connectivity index is 2.42. The quantitative estimate of drug-likeness (QED) is 0.872. The lowest BCUT2D eigenvalue weighted by Gasteiger charge is -2.11. The van der Waals surface area contributed by atoms with Crippen LogP contribution in [0, 0.1) is 18.6 Å². The number of hydrogen-bond donors (Lipinski definition) is 1. The molecule has 0 amide bonds. The van der Waals surface area contributed by atoms with E-state index >= 15 is 0 Å². The van der Waals surface area contributed by atoms with Gasteiger partial charge in [0.2, 0.25) is 0 Å². The molecule has 6 heteroatoms. The van der Waals surface area contributed by atoms with Gasteiger partial charge in [-0.3, -0.25) is 0 Å². The number of nitrogen functional groups attached to an aromatic ring is 1. The topological polar surface area (TPSA) is 51.8 Å². The summed E-state index contributed by atoms with van der Waals surface area (Å²) >= 11 is 1.12. The zero-order valence-electron chi connectivity index (χ0n) is 11.4. The Morgan fingerprint density at radius 3 is 2.50 bits per heavy atom. The van der Waals surface area contributed by atoms with Crippen LogP contribution in [-0.2, 0) is 0 Å². The molecule has 0 spiro atoms. The minimum absolute atomic E-state index is 0.121. The van der Waals surface area contributed by atoms with Gasteiger partial charge in [0.25, 0.3) is 0 Å². The molecule has 1 aromatic heterocycles. The molecule has 0 fully saturated rings. The first-order valence-corrected chi connectivity index (χ1v) is 6.97. The maximum absolute atomic E-state index is 13.7. The maximum Gasteiger partial charge on any atom is 0.140 e. The Bertz CT molecular complexity index is 645. The van der Waals surface area contributed by atoms with Gasteiger partial charge in [0.1, 0.15) is 28.3 Å². The second-order valence-corrected chi connectivity index (χ2v) is 5.76. The van der Waals surface area contributed by atoms with Gasteiger partial charge in [-0.15, -0.1) is 0 Å². The first-order chi connectivity index (χ1) is 9.38. The van der Waals surface area contributed by atoms with Crippen molar-refractivity contribution < 1.29 is 8.78 Å². The van der Waals surface area contributed by atoms with Crippen LogP contribution in [0.25, 0.3) is 0 Å². The maximum atomic E-state index is 13.7. The lowest BCUT2D eigenvalue weighted by atomic mass is 10.2. The van der Waals surface area contributed by atoms with Crippen LogP contribution in [0.2, 0.25) is 0 Å². The van der Waals surface area contributed by atoms with Gasteiger partial charge >= 0.3 is 0 Å². The van der Waals surface area contributed by atoms with Crippen molar-refractivity contribution in [1.82, 2.24) is 9.97 Å². The minimum atomic E-state index is -0.613. The molecule has 3 nitrogen and oxygen atoms in total. The van der Waals surface area contributed by atoms with E-state index in [4.69, 9.17) is 5.73 Å². The molecule has 0 aliphatic rings. The smallest absolute Gasteiger partial charge is 0.140 e. The molecule has 0 bridgehead atoms. The fourth-order valence-corrected chi connectivity index (χ4v) is 2.45. The number of hydrogen-bond acceptors (Lipinski definition) is 4. The van der Waals surface area contributed by atoms with E-state index in [1.54, 1.807) is 6.92 Å². The van der Waals surface area contributed by atoms with Gasteiger partial charge < -0.3 is 5.73 Å². The van der Waals surface area contributed by atoms with Crippen molar-refractivity contribution in [2.24, 2.45) is 0 Å². The zero-order valence-corrected chi connectivity index (χ0v) is 12.3. The van der Waals surface area contributed by atoms with Crippen LogP contribution in [0.1, 0.15) is 31.2 Å². The average Bonchev–Trinajstić information content (AvgIpc) is 2.37. The van der Waals surface area contributed by atoms with Gasteiger partial charge in [-0.1, -0.05) is 25.6 Å². The highest BCUT2D eigenvalue weighted by Gasteiger charge is 2.14. The molecule has 2 aromatic rings. The third kappa shape index (κ3) is 3.07. The lowest BCUT2D eigenvalue weighted by molar-refractivity contribution is 0.565. The molecule has 2 N–H and O–H groups in total. The largest absolute Gasteiger partial charge is 0.383 e. The monoisotopic (exact) mass is 295 g/mol. The van der Waals surface area contributed by atoms with Crippen LogP contribution >= 0.6 is 11.8 Å². The molecular weight excluding hydrogens is 280 g/mol. The minimum Gasteiger partial charge on any atom is -0.383 e. The first kappa shape index (κ1) is 14.7. The van der Waals surface area contributed by atoms with Gasteiger partial charge in [-0.05, 0) is 19.1 Å². The van der Waals surface area contributed by atoms with Crippen LogP contribution in [0.3, 0.4) is 0 Å². The second-order valence-electron chi connectivity index (χ2n) is 4.73. The summed E-state index contributed by atoms with van der Waals surface area (Å²) in [7, 11) is 0. The van der Waals surface area contributed by atoms with Crippen molar-refractivity contribution >= 4 is 17.6 Å². The normalized spacial score (nSPS) is 11.1. The van der Waals surface area contributed by atoms with Crippen LogP contribution in [0.5, 0.6) is 0 Å². The van der Waals surface area contributed by atoms with Gasteiger partial charge in [0, 0.05) is 22.4 Å². The number of rotatable bonds is 3. The third-order valence-electron chi connectivity index (χ3n) is 2.77. The summed E-state index contributed by atoms with van der Waals surface area (Å²) in [6.45, 7) is 5.69. The number of aromatic nitrogens is 2. The Morgan fingerprint density at radius 2 is 1.90 bits per heavy atom. The molecule has 0 saturated carbocycles. The molecule has 1 aromatic carbocycles. The summed E-state index contributed by atoms with van der Waals surface area (Å²) in [5, 5.41) is 0.590. The van der Waals surface area contributed by atoms with Crippen molar-refractivity contribution in [2.45, 2.75) is 36.6 Å². The van der Waals surface area contributed by atoms with Crippen LogP contribution in [0.4, 0.5) is 14.6 Å². The molecule has 2 rings (SSSR count). The molecule has 106 valence electrons. The predicted molar refractivity (Wildman–Crippen MR) is 75.8 cm³/mol. The Kier molecular flexibility index (Phi) is 4.23. The fourth-order valence-electron chi connectivity index (χ4n) is 1.55. The van der Waals surface area contributed by atoms with Crippen molar-refractivity contribution in [3.05, 3.63) is 41.2 Å². The van der Waals surface area contributed by atoms with E-state index in [0.29, 0.717) is 27.1 Å². The first-order valence-electron chi connectivity index (χ1n) is 6.15. The van der Waals surface area contributed by atoms with Crippen molar-refractivity contribution in [2.75, 3.05) is 5.73 Å². The van der Waals surface area contributed by atoms with E-state index in [9.17, 15) is 8.78 Å². The van der Waals surface area contributed by atoms with E-state index in [0.717, 1.165) is 17.8 Å². The lowest BCUT2D eigenvalue weighted by Crippen LogP contribution is -2.05. The Labute approximate surface area is 120 Å². The summed E-state index contributed by atoms with van der Waals surface area (Å²) < 4.78 is 26.6. The number of nitrogens with zero attached hydrogens (tertiary/aromatic N) is 2. The van der Waals surface area contributed by atoms with Gasteiger partial charge in [0.05, 0.1) is 0 Å². The highest BCUT2D eigenvalue weighted by Crippen LogP contribution is 2.33. The Hall–Kier alpha value is -1.69. The van der Waals surface area contributed by atoms with E-state index in [1.165, 1.54) is 12.1 Å². The summed E-state index contributed by atoms with van der Waals surface area (Å²) in [6, 6.07) is 3.46. The standard InChI is InChI=1S/C14H15F2N3S/c1-7(2)13-18-12(17)8(3)14(19-13)20-11-5-4-9(15)6-10(11)16/h4-7H,1-3H3,(H2,17,18,19). The molecule has 0 aliphatic carbocycles. The number of halogens is 2. The fraction of sp³-hybridized carbons (Fsp3) is 0.286. The SMILES string of the molecule is Cc1c(N)nc(C(C)C)nc1Sc1ccc(F)cc1F. The number of anilines is 1. The Morgan fingerprint density at radius 1 is 1.20 bits per heavy atom. The van der Waals surface area contributed by atoms with E-state index in [1.807, 2.05) is 13.8 Å². The van der Waals surface area contributed by atoms with E-state index in [2.05, 4.69) is 9.97 Å². The molecule has 0 saturated heterocycles. The molecule has 0 atom stereocenters. The molecule has 0 unspecified atom stereocenters. The summed E-state index contributed by atoms with van der Waals surface area (Å²) in [5.41, 5.74) is 6.55.